The number of halogens is 5. The van der Waals surface area contributed by atoms with E-state index in [1.54, 1.807) is 12.1 Å². The van der Waals surface area contributed by atoms with Crippen molar-refractivity contribution in [3.8, 4) is 0 Å². The molecule has 0 radical (unpaired) electrons. The third-order valence-electron chi connectivity index (χ3n) is 2.64. The van der Waals surface area contributed by atoms with Gasteiger partial charge in [0.15, 0.2) is 0 Å². The molecule has 104 valence electrons. The fourth-order valence-corrected chi connectivity index (χ4v) is 1.94. The SMILES string of the molecule is FC(F)(F)/C(=C/c1ccc(Cl)cc1)c1ccc(Cl)cc1. The summed E-state index contributed by atoms with van der Waals surface area (Å²) in [7, 11) is 0. The molecular weight excluding hydrogens is 308 g/mol. The summed E-state index contributed by atoms with van der Waals surface area (Å²) in [4.78, 5) is 0. The van der Waals surface area contributed by atoms with Crippen LogP contribution in [0.3, 0.4) is 0 Å². The van der Waals surface area contributed by atoms with Crippen molar-refractivity contribution in [2.24, 2.45) is 0 Å². The summed E-state index contributed by atoms with van der Waals surface area (Å²) in [6.45, 7) is 0. The molecule has 5 heteroatoms. The monoisotopic (exact) mass is 316 g/mol. The maximum Gasteiger partial charge on any atom is 0.417 e. The van der Waals surface area contributed by atoms with Gasteiger partial charge in [0, 0.05) is 10.0 Å². The highest BCUT2D eigenvalue weighted by Crippen LogP contribution is 2.35. The molecule has 2 aromatic rings. The summed E-state index contributed by atoms with van der Waals surface area (Å²) >= 11 is 11.4. The van der Waals surface area contributed by atoms with E-state index in [2.05, 4.69) is 0 Å². The van der Waals surface area contributed by atoms with E-state index in [-0.39, 0.29) is 5.56 Å². The number of hydrogen-bond donors (Lipinski definition) is 0. The van der Waals surface area contributed by atoms with Gasteiger partial charge in [-0.15, -0.1) is 0 Å². The first-order valence-electron chi connectivity index (χ1n) is 5.66. The summed E-state index contributed by atoms with van der Waals surface area (Å²) in [5.41, 5.74) is -0.231. The fourth-order valence-electron chi connectivity index (χ4n) is 1.68. The van der Waals surface area contributed by atoms with E-state index < -0.39 is 11.7 Å². The molecule has 0 unspecified atom stereocenters. The Morgan fingerprint density at radius 1 is 0.800 bits per heavy atom. The molecule has 0 aromatic heterocycles. The third kappa shape index (κ3) is 3.78. The minimum absolute atomic E-state index is 0.0665. The van der Waals surface area contributed by atoms with E-state index >= 15 is 0 Å². The summed E-state index contributed by atoms with van der Waals surface area (Å²) < 4.78 is 39.4. The molecular formula is C15H9Cl2F3. The van der Waals surface area contributed by atoms with Gasteiger partial charge in [-0.05, 0) is 41.5 Å². The average molecular weight is 317 g/mol. The second-order valence-electron chi connectivity index (χ2n) is 4.11. The van der Waals surface area contributed by atoms with Crippen LogP contribution in [0.25, 0.3) is 11.6 Å². The van der Waals surface area contributed by atoms with E-state index in [4.69, 9.17) is 23.2 Å². The largest absolute Gasteiger partial charge is 0.417 e. The molecule has 0 saturated heterocycles. The van der Waals surface area contributed by atoms with Crippen LogP contribution >= 0.6 is 23.2 Å². The highest BCUT2D eigenvalue weighted by atomic mass is 35.5. The molecule has 0 N–H and O–H groups in total. The van der Waals surface area contributed by atoms with Gasteiger partial charge in [0.05, 0.1) is 5.57 Å². The van der Waals surface area contributed by atoms with Crippen LogP contribution in [0.2, 0.25) is 10.0 Å². The zero-order chi connectivity index (χ0) is 14.8. The van der Waals surface area contributed by atoms with Crippen molar-refractivity contribution in [1.29, 1.82) is 0 Å². The zero-order valence-corrected chi connectivity index (χ0v) is 11.6. The molecule has 20 heavy (non-hydrogen) atoms. The smallest absolute Gasteiger partial charge is 0.166 e. The van der Waals surface area contributed by atoms with Crippen molar-refractivity contribution in [3.05, 3.63) is 69.7 Å². The minimum atomic E-state index is -4.45. The first-order valence-corrected chi connectivity index (χ1v) is 6.42. The van der Waals surface area contributed by atoms with Gasteiger partial charge >= 0.3 is 6.18 Å². The Balaban J connectivity index is 2.48. The van der Waals surface area contributed by atoms with Gasteiger partial charge in [-0.25, -0.2) is 0 Å². The second kappa shape index (κ2) is 5.90. The lowest BCUT2D eigenvalue weighted by Crippen LogP contribution is -2.10. The maximum absolute atomic E-state index is 13.1. The molecule has 2 aromatic carbocycles. The van der Waals surface area contributed by atoms with Crippen molar-refractivity contribution >= 4 is 34.9 Å². The van der Waals surface area contributed by atoms with E-state index in [1.165, 1.54) is 36.4 Å². The molecule has 0 saturated carbocycles. The normalized spacial score (nSPS) is 12.6. The van der Waals surface area contributed by atoms with Crippen LogP contribution in [0.1, 0.15) is 11.1 Å². The standard InChI is InChI=1S/C15H9Cl2F3/c16-12-5-1-10(2-6-12)9-14(15(18,19)20)11-3-7-13(17)8-4-11/h1-9H/b14-9+. The number of allylic oxidation sites excluding steroid dienone is 1. The molecule has 0 aliphatic heterocycles. The zero-order valence-electron chi connectivity index (χ0n) is 10.1. The van der Waals surface area contributed by atoms with Crippen LogP contribution < -0.4 is 0 Å². The molecule has 0 aliphatic carbocycles. The molecule has 0 nitrogen and oxygen atoms in total. The van der Waals surface area contributed by atoms with Crippen molar-refractivity contribution < 1.29 is 13.2 Å². The molecule has 0 spiro atoms. The molecule has 0 atom stereocenters. The van der Waals surface area contributed by atoms with Crippen molar-refractivity contribution in [2.75, 3.05) is 0 Å². The highest BCUT2D eigenvalue weighted by molar-refractivity contribution is 6.30. The Morgan fingerprint density at radius 2 is 1.25 bits per heavy atom. The summed E-state index contributed by atoms with van der Waals surface area (Å²) in [5.74, 6) is 0. The van der Waals surface area contributed by atoms with Gasteiger partial charge < -0.3 is 0 Å². The maximum atomic E-state index is 13.1. The molecule has 0 amide bonds. The van der Waals surface area contributed by atoms with E-state index in [0.717, 1.165) is 6.08 Å². The molecule has 0 aliphatic rings. The Bertz CT molecular complexity index is 611. The lowest BCUT2D eigenvalue weighted by atomic mass is 10.0. The van der Waals surface area contributed by atoms with Crippen molar-refractivity contribution in [1.82, 2.24) is 0 Å². The Morgan fingerprint density at radius 3 is 1.70 bits per heavy atom. The quantitative estimate of drug-likeness (QED) is 0.587. The van der Waals surface area contributed by atoms with Crippen LogP contribution in [0.4, 0.5) is 13.2 Å². The first kappa shape index (κ1) is 14.9. The fraction of sp³-hybridized carbons (Fsp3) is 0.0667. The summed E-state index contributed by atoms with van der Waals surface area (Å²) in [6.07, 6.45) is -3.37. The highest BCUT2D eigenvalue weighted by Gasteiger charge is 2.34. The first-order chi connectivity index (χ1) is 9.36. The van der Waals surface area contributed by atoms with Crippen LogP contribution in [-0.2, 0) is 0 Å². The Labute approximate surface area is 124 Å². The van der Waals surface area contributed by atoms with Crippen LogP contribution in [0, 0.1) is 0 Å². The average Bonchev–Trinajstić information content (AvgIpc) is 2.38. The lowest BCUT2D eigenvalue weighted by Gasteiger charge is -2.12. The minimum Gasteiger partial charge on any atom is -0.166 e. The summed E-state index contributed by atoms with van der Waals surface area (Å²) in [6, 6.07) is 11.7. The molecule has 0 bridgehead atoms. The molecule has 0 heterocycles. The van der Waals surface area contributed by atoms with Crippen molar-refractivity contribution in [3.63, 3.8) is 0 Å². The van der Waals surface area contributed by atoms with Gasteiger partial charge in [-0.3, -0.25) is 0 Å². The van der Waals surface area contributed by atoms with E-state index in [9.17, 15) is 13.2 Å². The van der Waals surface area contributed by atoms with Crippen LogP contribution in [0.5, 0.6) is 0 Å². The Hall–Kier alpha value is -1.45. The predicted molar refractivity (Wildman–Crippen MR) is 76.8 cm³/mol. The van der Waals surface area contributed by atoms with Crippen LogP contribution in [-0.4, -0.2) is 6.18 Å². The van der Waals surface area contributed by atoms with Gasteiger partial charge in [-0.1, -0.05) is 47.5 Å². The van der Waals surface area contributed by atoms with Gasteiger partial charge in [-0.2, -0.15) is 13.2 Å². The van der Waals surface area contributed by atoms with E-state index in [1.807, 2.05) is 0 Å². The summed E-state index contributed by atoms with van der Waals surface area (Å²) in [5, 5.41) is 0.865. The number of benzene rings is 2. The second-order valence-corrected chi connectivity index (χ2v) is 4.99. The molecule has 0 fully saturated rings. The lowest BCUT2D eigenvalue weighted by molar-refractivity contribution is -0.0683. The van der Waals surface area contributed by atoms with E-state index in [0.29, 0.717) is 15.6 Å². The third-order valence-corrected chi connectivity index (χ3v) is 3.15. The van der Waals surface area contributed by atoms with Gasteiger partial charge in [0.2, 0.25) is 0 Å². The van der Waals surface area contributed by atoms with Crippen molar-refractivity contribution in [2.45, 2.75) is 6.18 Å². The number of hydrogen-bond acceptors (Lipinski definition) is 0. The van der Waals surface area contributed by atoms with Crippen LogP contribution in [0.15, 0.2) is 48.5 Å². The van der Waals surface area contributed by atoms with Gasteiger partial charge in [0.25, 0.3) is 0 Å². The van der Waals surface area contributed by atoms with Gasteiger partial charge in [0.1, 0.15) is 0 Å². The topological polar surface area (TPSA) is 0 Å². The Kier molecular flexibility index (Phi) is 4.41. The molecule has 2 rings (SSSR count). The number of rotatable bonds is 2. The predicted octanol–water partition coefficient (Wildman–Crippen LogP) is 6.10. The number of alkyl halides is 3.